The number of carbonyl (C=O) groups excluding carboxylic acids is 1. The summed E-state index contributed by atoms with van der Waals surface area (Å²) in [6, 6.07) is 0.0438. The van der Waals surface area contributed by atoms with Gasteiger partial charge in [-0.3, -0.25) is 0 Å². The lowest BCUT2D eigenvalue weighted by atomic mass is 10.1. The molecule has 0 saturated carbocycles. The first-order valence-electron chi connectivity index (χ1n) is 7.14. The van der Waals surface area contributed by atoms with Gasteiger partial charge in [-0.25, -0.2) is 13.6 Å². The number of amides is 1. The van der Waals surface area contributed by atoms with Gasteiger partial charge in [-0.2, -0.15) is 0 Å². The molecule has 0 aliphatic rings. The number of carbonyl (C=O) groups is 1. The average molecular weight is 294 g/mol. The van der Waals surface area contributed by atoms with Gasteiger partial charge in [-0.1, -0.05) is 19.8 Å². The molecule has 0 aromatic rings. The van der Waals surface area contributed by atoms with E-state index in [1.165, 1.54) is 0 Å². The predicted molar refractivity (Wildman–Crippen MR) is 76.2 cm³/mol. The lowest BCUT2D eigenvalue weighted by Gasteiger charge is -2.23. The number of ether oxygens (including phenoxy) is 1. The lowest BCUT2D eigenvalue weighted by Crippen LogP contribution is -2.46. The van der Waals surface area contributed by atoms with E-state index >= 15 is 0 Å². The first-order valence-corrected chi connectivity index (χ1v) is 7.14. The van der Waals surface area contributed by atoms with Crippen LogP contribution in [0, 0.1) is 0 Å². The molecule has 120 valence electrons. The predicted octanol–water partition coefficient (Wildman–Crippen LogP) is 3.31. The average Bonchev–Trinajstić information content (AvgIpc) is 2.29. The highest BCUT2D eigenvalue weighted by Gasteiger charge is 2.30. The number of hydrogen-bond donors (Lipinski definition) is 2. The largest absolute Gasteiger partial charge is 0.444 e. The van der Waals surface area contributed by atoms with Crippen LogP contribution in [0.5, 0.6) is 0 Å². The Hall–Kier alpha value is -0.910. The zero-order valence-electron chi connectivity index (χ0n) is 13.2. The quantitative estimate of drug-likeness (QED) is 0.722. The molecule has 0 heterocycles. The van der Waals surface area contributed by atoms with Crippen molar-refractivity contribution >= 4 is 6.09 Å². The maximum atomic E-state index is 13.6. The Bertz CT molecular complexity index is 291. The fourth-order valence-electron chi connectivity index (χ4n) is 1.51. The third kappa shape index (κ3) is 11.0. The van der Waals surface area contributed by atoms with Crippen LogP contribution in [0.2, 0.25) is 0 Å². The van der Waals surface area contributed by atoms with Gasteiger partial charge in [0.1, 0.15) is 5.60 Å². The van der Waals surface area contributed by atoms with Crippen molar-refractivity contribution in [3.63, 3.8) is 0 Å². The van der Waals surface area contributed by atoms with Gasteiger partial charge in [0.05, 0.1) is 13.1 Å². The second-order valence-corrected chi connectivity index (χ2v) is 6.14. The summed E-state index contributed by atoms with van der Waals surface area (Å²) in [7, 11) is 0. The minimum Gasteiger partial charge on any atom is -0.444 e. The highest BCUT2D eigenvalue weighted by atomic mass is 19.3. The van der Waals surface area contributed by atoms with Gasteiger partial charge in [-0.05, 0) is 34.1 Å². The zero-order valence-corrected chi connectivity index (χ0v) is 13.2. The van der Waals surface area contributed by atoms with Crippen LogP contribution in [-0.2, 0) is 4.74 Å². The first kappa shape index (κ1) is 19.1. The van der Waals surface area contributed by atoms with Crippen LogP contribution in [0.3, 0.4) is 0 Å². The van der Waals surface area contributed by atoms with Gasteiger partial charge in [0, 0.05) is 6.04 Å². The second-order valence-electron chi connectivity index (χ2n) is 6.14. The first-order chi connectivity index (χ1) is 9.06. The number of rotatable bonds is 8. The number of alkyl carbamates (subject to hydrolysis) is 1. The summed E-state index contributed by atoms with van der Waals surface area (Å²) in [5, 5.41) is 4.88. The summed E-state index contributed by atoms with van der Waals surface area (Å²) < 4.78 is 32.0. The van der Waals surface area contributed by atoms with Crippen molar-refractivity contribution in [3.05, 3.63) is 0 Å². The molecule has 1 unspecified atom stereocenters. The van der Waals surface area contributed by atoms with Gasteiger partial charge in [0.15, 0.2) is 0 Å². The molecule has 4 nitrogen and oxygen atoms in total. The van der Waals surface area contributed by atoms with E-state index in [4.69, 9.17) is 4.74 Å². The summed E-state index contributed by atoms with van der Waals surface area (Å²) in [5.74, 6) is -2.99. The van der Waals surface area contributed by atoms with Crippen molar-refractivity contribution in [1.29, 1.82) is 0 Å². The van der Waals surface area contributed by atoms with Gasteiger partial charge in [-0.15, -0.1) is 0 Å². The van der Waals surface area contributed by atoms with E-state index in [2.05, 4.69) is 17.6 Å². The Morgan fingerprint density at radius 2 is 1.85 bits per heavy atom. The van der Waals surface area contributed by atoms with Gasteiger partial charge in [0.25, 0.3) is 5.92 Å². The Morgan fingerprint density at radius 3 is 2.35 bits per heavy atom. The maximum absolute atomic E-state index is 13.6. The van der Waals surface area contributed by atoms with E-state index in [0.29, 0.717) is 0 Å². The molecule has 0 fully saturated rings. The van der Waals surface area contributed by atoms with Crippen LogP contribution in [0.15, 0.2) is 0 Å². The van der Waals surface area contributed by atoms with Crippen molar-refractivity contribution in [1.82, 2.24) is 10.6 Å². The van der Waals surface area contributed by atoms with Gasteiger partial charge >= 0.3 is 6.09 Å². The fraction of sp³-hybridized carbons (Fsp3) is 0.929. The molecule has 0 bridgehead atoms. The van der Waals surface area contributed by atoms with E-state index in [9.17, 15) is 13.6 Å². The minimum atomic E-state index is -2.99. The molecule has 6 heteroatoms. The van der Waals surface area contributed by atoms with Crippen molar-refractivity contribution < 1.29 is 18.3 Å². The van der Waals surface area contributed by atoms with Crippen LogP contribution in [0.25, 0.3) is 0 Å². The van der Waals surface area contributed by atoms with Gasteiger partial charge < -0.3 is 15.4 Å². The monoisotopic (exact) mass is 294 g/mol. The molecule has 1 amide bonds. The van der Waals surface area contributed by atoms with E-state index < -0.39 is 30.7 Å². The van der Waals surface area contributed by atoms with E-state index in [1.807, 2.05) is 6.92 Å². The van der Waals surface area contributed by atoms with E-state index in [0.717, 1.165) is 19.3 Å². The molecular weight excluding hydrogens is 266 g/mol. The van der Waals surface area contributed by atoms with Gasteiger partial charge in [0.2, 0.25) is 0 Å². The smallest absolute Gasteiger partial charge is 0.407 e. The van der Waals surface area contributed by atoms with Crippen molar-refractivity contribution in [2.24, 2.45) is 0 Å². The molecule has 0 rings (SSSR count). The molecule has 0 saturated heterocycles. The normalized spacial score (nSPS) is 13.9. The molecule has 0 aliphatic carbocycles. The van der Waals surface area contributed by atoms with Crippen molar-refractivity contribution in [2.75, 3.05) is 13.1 Å². The molecular formula is C14H28F2N2O2. The summed E-state index contributed by atoms with van der Waals surface area (Å²) in [6.45, 7) is 7.81. The highest BCUT2D eigenvalue weighted by Crippen LogP contribution is 2.12. The Morgan fingerprint density at radius 1 is 1.25 bits per heavy atom. The zero-order chi connectivity index (χ0) is 15.8. The molecule has 0 aliphatic heterocycles. The van der Waals surface area contributed by atoms with Crippen molar-refractivity contribution in [2.45, 2.75) is 71.4 Å². The topological polar surface area (TPSA) is 50.4 Å². The summed E-state index contributed by atoms with van der Waals surface area (Å²) in [5.41, 5.74) is -0.688. The number of hydrogen-bond acceptors (Lipinski definition) is 3. The van der Waals surface area contributed by atoms with Crippen LogP contribution < -0.4 is 10.6 Å². The van der Waals surface area contributed by atoms with Crippen LogP contribution >= 0.6 is 0 Å². The van der Waals surface area contributed by atoms with Crippen LogP contribution in [0.4, 0.5) is 13.6 Å². The third-order valence-electron chi connectivity index (χ3n) is 2.59. The lowest BCUT2D eigenvalue weighted by molar-refractivity contribution is -0.00539. The summed E-state index contributed by atoms with van der Waals surface area (Å²) in [4.78, 5) is 11.3. The SMILES string of the molecule is CCCCC(C)NCC(F)(F)CNC(=O)OC(C)(C)C. The summed E-state index contributed by atoms with van der Waals surface area (Å²) in [6.07, 6.45) is 2.10. The molecule has 0 radical (unpaired) electrons. The number of alkyl halides is 2. The number of halogens is 2. The minimum absolute atomic E-state index is 0.0438. The molecule has 0 spiro atoms. The molecule has 20 heavy (non-hydrogen) atoms. The van der Waals surface area contributed by atoms with E-state index in [1.54, 1.807) is 20.8 Å². The Kier molecular flexibility index (Phi) is 8.01. The molecule has 2 N–H and O–H groups in total. The number of unbranched alkanes of at least 4 members (excludes halogenated alkanes) is 1. The molecule has 0 aromatic heterocycles. The van der Waals surface area contributed by atoms with Crippen LogP contribution in [0.1, 0.15) is 53.9 Å². The third-order valence-corrected chi connectivity index (χ3v) is 2.59. The fourth-order valence-corrected chi connectivity index (χ4v) is 1.51. The maximum Gasteiger partial charge on any atom is 0.407 e. The Balaban J connectivity index is 3.97. The standard InChI is InChI=1S/C14H28F2N2O2/c1-6-7-8-11(2)17-9-14(15,16)10-18-12(19)20-13(3,4)5/h11,17H,6-10H2,1-5H3,(H,18,19). The molecule has 0 aromatic carbocycles. The number of nitrogens with one attached hydrogen (secondary N) is 2. The summed E-state index contributed by atoms with van der Waals surface area (Å²) >= 11 is 0. The van der Waals surface area contributed by atoms with E-state index in [-0.39, 0.29) is 6.04 Å². The highest BCUT2D eigenvalue weighted by molar-refractivity contribution is 5.67. The molecule has 1 atom stereocenters. The Labute approximate surface area is 120 Å². The van der Waals surface area contributed by atoms with Crippen molar-refractivity contribution in [3.8, 4) is 0 Å². The second kappa shape index (κ2) is 8.39. The van der Waals surface area contributed by atoms with Crippen LogP contribution in [-0.4, -0.2) is 36.7 Å².